The quantitative estimate of drug-likeness (QED) is 0.203. The Kier molecular flexibility index (Phi) is 9.83. The molecule has 0 spiro atoms. The van der Waals surface area contributed by atoms with Crippen molar-refractivity contribution in [3.05, 3.63) is 47.3 Å². The van der Waals surface area contributed by atoms with E-state index in [1.165, 1.54) is 76.0 Å². The van der Waals surface area contributed by atoms with Crippen molar-refractivity contribution < 1.29 is 17.6 Å². The zero-order valence-corrected chi connectivity index (χ0v) is 19.6. The van der Waals surface area contributed by atoms with Gasteiger partial charge < -0.3 is 0 Å². The van der Waals surface area contributed by atoms with Gasteiger partial charge in [0.1, 0.15) is 6.07 Å². The molecule has 0 aliphatic heterocycles. The van der Waals surface area contributed by atoms with E-state index in [-0.39, 0.29) is 0 Å². The van der Waals surface area contributed by atoms with E-state index in [9.17, 15) is 17.6 Å². The number of halogens is 4. The number of allylic oxidation sites excluding steroid dienone is 2. The normalized spacial score (nSPS) is 26.7. The number of alkyl halides is 3. The number of unbranched alkanes of at least 4 members (excludes halogenated alkanes) is 1. The summed E-state index contributed by atoms with van der Waals surface area (Å²) in [7, 11) is 0. The van der Waals surface area contributed by atoms with E-state index in [1.54, 1.807) is 18.2 Å². The van der Waals surface area contributed by atoms with Crippen molar-refractivity contribution >= 4 is 0 Å². The number of aryl methyl sites for hydroxylation is 1. The number of hydrogen-bond acceptors (Lipinski definition) is 1. The summed E-state index contributed by atoms with van der Waals surface area (Å²) in [6.07, 6.45) is 13.6. The third-order valence-corrected chi connectivity index (χ3v) is 8.06. The summed E-state index contributed by atoms with van der Waals surface area (Å²) < 4.78 is 50.9. The number of nitriles is 1. The minimum atomic E-state index is -4.26. The number of rotatable bonds is 9. The largest absolute Gasteiger partial charge is 0.416 e. The summed E-state index contributed by atoms with van der Waals surface area (Å²) in [6, 6.07) is 7.16. The first-order valence-corrected chi connectivity index (χ1v) is 12.8. The van der Waals surface area contributed by atoms with Crippen LogP contribution in [0, 0.1) is 35.0 Å². The lowest BCUT2D eigenvalue weighted by molar-refractivity contribution is -0.137. The SMILES string of the molecule is N#C/C(F)=C/CCC1CCC([C@H]2CC[C@H](CCCCc3ccc(C(F)(F)F)cc3)CC2)CC1. The highest BCUT2D eigenvalue weighted by Crippen LogP contribution is 2.43. The van der Waals surface area contributed by atoms with Crippen molar-refractivity contribution in [2.24, 2.45) is 23.7 Å². The van der Waals surface area contributed by atoms with Gasteiger partial charge in [-0.1, -0.05) is 50.7 Å². The summed E-state index contributed by atoms with van der Waals surface area (Å²) in [6.45, 7) is 0. The van der Waals surface area contributed by atoms with Crippen molar-refractivity contribution in [2.45, 2.75) is 96.1 Å². The van der Waals surface area contributed by atoms with Gasteiger partial charge in [-0.2, -0.15) is 22.8 Å². The van der Waals surface area contributed by atoms with Crippen LogP contribution in [-0.2, 0) is 12.6 Å². The summed E-state index contributed by atoms with van der Waals surface area (Å²) in [5.74, 6) is 2.57. The minimum Gasteiger partial charge on any atom is -0.195 e. The average Bonchev–Trinajstić information content (AvgIpc) is 2.82. The van der Waals surface area contributed by atoms with Crippen LogP contribution >= 0.6 is 0 Å². The second-order valence-electron chi connectivity index (χ2n) is 10.2. The Bertz CT molecular complexity index is 774. The van der Waals surface area contributed by atoms with Gasteiger partial charge in [0, 0.05) is 0 Å². The van der Waals surface area contributed by atoms with E-state index in [0.29, 0.717) is 12.3 Å². The van der Waals surface area contributed by atoms with E-state index >= 15 is 0 Å². The molecule has 1 aromatic carbocycles. The Morgan fingerprint density at radius 3 is 1.91 bits per heavy atom. The molecule has 2 saturated carbocycles. The molecule has 0 aromatic heterocycles. The lowest BCUT2D eigenvalue weighted by atomic mass is 9.68. The Morgan fingerprint density at radius 2 is 1.39 bits per heavy atom. The van der Waals surface area contributed by atoms with E-state index in [4.69, 9.17) is 5.26 Å². The summed E-state index contributed by atoms with van der Waals surface area (Å²) in [5, 5.41) is 8.48. The molecule has 0 bridgehead atoms. The van der Waals surface area contributed by atoms with Gasteiger partial charge in [0.25, 0.3) is 0 Å². The van der Waals surface area contributed by atoms with Crippen molar-refractivity contribution in [3.8, 4) is 6.07 Å². The highest BCUT2D eigenvalue weighted by atomic mass is 19.4. The topological polar surface area (TPSA) is 23.8 Å². The Balaban J connectivity index is 1.27. The Hall–Kier alpha value is -1.83. The first kappa shape index (κ1) is 25.8. The molecule has 0 heterocycles. The maximum atomic E-state index is 12.9. The number of nitrogens with zero attached hydrogens (tertiary/aromatic N) is 1. The molecule has 0 amide bonds. The average molecular weight is 464 g/mol. The first-order chi connectivity index (χ1) is 15.8. The van der Waals surface area contributed by atoms with E-state index in [0.717, 1.165) is 49.0 Å². The lowest BCUT2D eigenvalue weighted by Gasteiger charge is -2.38. The molecule has 2 aliphatic rings. The van der Waals surface area contributed by atoms with Crippen LogP contribution in [0.3, 0.4) is 0 Å². The standard InChI is InChI=1S/C28H37F4N/c29-27(20-33)7-3-6-23-10-16-25(17-11-23)24-14-8-21(9-15-24)4-1-2-5-22-12-18-26(19-13-22)28(30,31)32/h7,12-13,18-19,21,23-25H,1-6,8-11,14-17H2/b27-7-/t21-,23?,24-,25?. The van der Waals surface area contributed by atoms with Crippen LogP contribution in [0.4, 0.5) is 17.6 Å². The zero-order chi connectivity index (χ0) is 23.7. The molecule has 0 radical (unpaired) electrons. The number of hydrogen-bond donors (Lipinski definition) is 0. The highest BCUT2D eigenvalue weighted by Gasteiger charge is 2.31. The molecule has 1 nitrogen and oxygen atoms in total. The first-order valence-electron chi connectivity index (χ1n) is 12.8. The summed E-state index contributed by atoms with van der Waals surface area (Å²) in [4.78, 5) is 0. The molecular weight excluding hydrogens is 426 g/mol. The molecule has 33 heavy (non-hydrogen) atoms. The van der Waals surface area contributed by atoms with Gasteiger partial charge in [-0.15, -0.1) is 0 Å². The van der Waals surface area contributed by atoms with Gasteiger partial charge in [0.05, 0.1) is 5.56 Å². The molecule has 2 aliphatic carbocycles. The monoisotopic (exact) mass is 463 g/mol. The van der Waals surface area contributed by atoms with Gasteiger partial charge in [-0.3, -0.25) is 0 Å². The second kappa shape index (κ2) is 12.6. The van der Waals surface area contributed by atoms with Crippen LogP contribution in [0.15, 0.2) is 36.2 Å². The van der Waals surface area contributed by atoms with Crippen molar-refractivity contribution in [1.82, 2.24) is 0 Å². The summed E-state index contributed by atoms with van der Waals surface area (Å²) >= 11 is 0. The molecule has 182 valence electrons. The zero-order valence-electron chi connectivity index (χ0n) is 19.6. The lowest BCUT2D eigenvalue weighted by Crippen LogP contribution is -2.25. The third kappa shape index (κ3) is 8.47. The number of benzene rings is 1. The van der Waals surface area contributed by atoms with E-state index < -0.39 is 17.6 Å². The fourth-order valence-electron chi connectivity index (χ4n) is 6.01. The van der Waals surface area contributed by atoms with Crippen molar-refractivity contribution in [3.63, 3.8) is 0 Å². The molecule has 2 fully saturated rings. The van der Waals surface area contributed by atoms with E-state index in [1.807, 2.05) is 0 Å². The van der Waals surface area contributed by atoms with Gasteiger partial charge in [-0.25, -0.2) is 0 Å². The molecule has 5 heteroatoms. The van der Waals surface area contributed by atoms with Gasteiger partial charge in [0.15, 0.2) is 5.83 Å². The van der Waals surface area contributed by atoms with Crippen molar-refractivity contribution in [2.75, 3.05) is 0 Å². The highest BCUT2D eigenvalue weighted by molar-refractivity contribution is 5.24. The van der Waals surface area contributed by atoms with Crippen molar-refractivity contribution in [1.29, 1.82) is 5.26 Å². The summed E-state index contributed by atoms with van der Waals surface area (Å²) in [5.41, 5.74) is 0.424. The van der Waals surface area contributed by atoms with Crippen LogP contribution in [0.1, 0.15) is 94.6 Å². The fourth-order valence-corrected chi connectivity index (χ4v) is 6.01. The van der Waals surface area contributed by atoms with E-state index in [2.05, 4.69) is 0 Å². The third-order valence-electron chi connectivity index (χ3n) is 8.06. The molecular formula is C28H37F4N. The Morgan fingerprint density at radius 1 is 0.848 bits per heavy atom. The molecule has 3 rings (SSSR count). The maximum absolute atomic E-state index is 12.9. The van der Waals surface area contributed by atoms with Crippen LogP contribution in [0.5, 0.6) is 0 Å². The van der Waals surface area contributed by atoms with Gasteiger partial charge in [-0.05, 0) is 98.8 Å². The van der Waals surface area contributed by atoms with Crippen LogP contribution < -0.4 is 0 Å². The van der Waals surface area contributed by atoms with Gasteiger partial charge in [0.2, 0.25) is 0 Å². The molecule has 0 unspecified atom stereocenters. The molecule has 0 atom stereocenters. The fraction of sp³-hybridized carbons (Fsp3) is 0.679. The minimum absolute atomic E-state index is 0.570. The van der Waals surface area contributed by atoms with Gasteiger partial charge >= 0.3 is 6.18 Å². The smallest absolute Gasteiger partial charge is 0.195 e. The Labute approximate surface area is 196 Å². The predicted octanol–water partition coefficient (Wildman–Crippen LogP) is 9.19. The van der Waals surface area contributed by atoms with Crippen LogP contribution in [0.2, 0.25) is 0 Å². The molecule has 0 saturated heterocycles. The van der Waals surface area contributed by atoms with Crippen LogP contribution in [0.25, 0.3) is 0 Å². The van der Waals surface area contributed by atoms with Crippen LogP contribution in [-0.4, -0.2) is 0 Å². The predicted molar refractivity (Wildman–Crippen MR) is 124 cm³/mol. The molecule has 1 aromatic rings. The molecule has 0 N–H and O–H groups in total. The maximum Gasteiger partial charge on any atom is 0.416 e. The second-order valence-corrected chi connectivity index (χ2v) is 10.2.